The van der Waals surface area contributed by atoms with Crippen molar-refractivity contribution in [1.29, 1.82) is 0 Å². The maximum atomic E-state index is 12.1. The highest BCUT2D eigenvalue weighted by molar-refractivity contribution is 7.89. The second kappa shape index (κ2) is 5.25. The Morgan fingerprint density at radius 2 is 2.11 bits per heavy atom. The van der Waals surface area contributed by atoms with E-state index in [0.717, 1.165) is 0 Å². The van der Waals surface area contributed by atoms with Crippen molar-refractivity contribution < 1.29 is 8.42 Å². The molecular formula is C10H13N5O2S. The first-order valence-corrected chi connectivity index (χ1v) is 6.73. The molecule has 1 heterocycles. The van der Waals surface area contributed by atoms with Crippen LogP contribution in [0.5, 0.6) is 0 Å². The molecule has 7 nitrogen and oxygen atoms in total. The first kappa shape index (κ1) is 12.7. The third-order valence-electron chi connectivity index (χ3n) is 2.38. The van der Waals surface area contributed by atoms with Crippen LogP contribution in [0, 0.1) is 0 Å². The van der Waals surface area contributed by atoms with Crippen LogP contribution in [0.25, 0.3) is 0 Å². The zero-order valence-electron chi connectivity index (χ0n) is 9.50. The van der Waals surface area contributed by atoms with Crippen molar-refractivity contribution in [2.45, 2.75) is 18.0 Å². The Morgan fingerprint density at radius 3 is 2.78 bits per heavy atom. The van der Waals surface area contributed by atoms with Gasteiger partial charge in [0, 0.05) is 6.54 Å². The van der Waals surface area contributed by atoms with Gasteiger partial charge in [-0.25, -0.2) is 18.1 Å². The fourth-order valence-electron chi connectivity index (χ4n) is 1.49. The molecule has 0 aliphatic heterocycles. The van der Waals surface area contributed by atoms with Gasteiger partial charge in [0.2, 0.25) is 10.0 Å². The first-order valence-electron chi connectivity index (χ1n) is 5.25. The van der Waals surface area contributed by atoms with Crippen LogP contribution in [0.15, 0.2) is 35.5 Å². The molecule has 0 amide bonds. The standard InChI is InChI=1S/C10H13N5O2S/c11-5-8-3-1-2-4-9(8)18(16,17)14-6-10-12-7-13-15-10/h1-4,7,14H,5-6,11H2,(H,12,13,15). The first-order chi connectivity index (χ1) is 8.63. The van der Waals surface area contributed by atoms with Crippen molar-refractivity contribution in [3.8, 4) is 0 Å². The minimum Gasteiger partial charge on any atom is -0.326 e. The Kier molecular flexibility index (Phi) is 3.70. The number of aromatic nitrogens is 3. The predicted molar refractivity (Wildman–Crippen MR) is 64.7 cm³/mol. The molecule has 0 saturated carbocycles. The Hall–Kier alpha value is -1.77. The molecule has 0 unspecified atom stereocenters. The van der Waals surface area contributed by atoms with E-state index in [-0.39, 0.29) is 18.0 Å². The zero-order chi connectivity index (χ0) is 13.0. The minimum absolute atomic E-state index is 0.0568. The lowest BCUT2D eigenvalue weighted by Crippen LogP contribution is -2.25. The number of nitrogens with zero attached hydrogens (tertiary/aromatic N) is 2. The van der Waals surface area contributed by atoms with Crippen LogP contribution in [0.4, 0.5) is 0 Å². The molecule has 2 rings (SSSR count). The fourth-order valence-corrected chi connectivity index (χ4v) is 2.73. The molecule has 1 aromatic heterocycles. The predicted octanol–water partition coefficient (Wildman–Crippen LogP) is -0.258. The average Bonchev–Trinajstić information content (AvgIpc) is 2.89. The van der Waals surface area contributed by atoms with Crippen LogP contribution < -0.4 is 10.5 Å². The number of hydrogen-bond acceptors (Lipinski definition) is 5. The highest BCUT2D eigenvalue weighted by Gasteiger charge is 2.17. The van der Waals surface area contributed by atoms with E-state index in [1.807, 2.05) is 0 Å². The van der Waals surface area contributed by atoms with Crippen LogP contribution in [0.2, 0.25) is 0 Å². The van der Waals surface area contributed by atoms with Crippen molar-refractivity contribution in [1.82, 2.24) is 19.9 Å². The lowest BCUT2D eigenvalue weighted by atomic mass is 10.2. The van der Waals surface area contributed by atoms with E-state index in [1.54, 1.807) is 18.2 Å². The molecule has 8 heteroatoms. The number of aromatic amines is 1. The summed E-state index contributed by atoms with van der Waals surface area (Å²) in [6.45, 7) is 0.223. The summed E-state index contributed by atoms with van der Waals surface area (Å²) in [6, 6.07) is 6.60. The monoisotopic (exact) mass is 267 g/mol. The Balaban J connectivity index is 2.20. The minimum atomic E-state index is -3.60. The lowest BCUT2D eigenvalue weighted by molar-refractivity contribution is 0.578. The maximum absolute atomic E-state index is 12.1. The fraction of sp³-hybridized carbons (Fsp3) is 0.200. The van der Waals surface area contributed by atoms with Crippen LogP contribution in [-0.4, -0.2) is 23.6 Å². The Labute approximate surface area is 104 Å². The summed E-state index contributed by atoms with van der Waals surface area (Å²) >= 11 is 0. The van der Waals surface area contributed by atoms with Crippen molar-refractivity contribution in [2.75, 3.05) is 0 Å². The van der Waals surface area contributed by atoms with E-state index in [0.29, 0.717) is 11.4 Å². The van der Waals surface area contributed by atoms with Gasteiger partial charge >= 0.3 is 0 Å². The van der Waals surface area contributed by atoms with Crippen LogP contribution in [-0.2, 0) is 23.1 Å². The smallest absolute Gasteiger partial charge is 0.241 e. The summed E-state index contributed by atoms with van der Waals surface area (Å²) in [4.78, 5) is 4.02. The molecule has 18 heavy (non-hydrogen) atoms. The van der Waals surface area contributed by atoms with Gasteiger partial charge in [-0.1, -0.05) is 18.2 Å². The molecule has 96 valence electrons. The molecule has 1 aromatic carbocycles. The highest BCUT2D eigenvalue weighted by Crippen LogP contribution is 2.14. The van der Waals surface area contributed by atoms with Gasteiger partial charge in [-0.15, -0.1) is 0 Å². The summed E-state index contributed by atoms with van der Waals surface area (Å²) in [5.74, 6) is 0.448. The molecule has 0 radical (unpaired) electrons. The van der Waals surface area contributed by atoms with E-state index in [4.69, 9.17) is 5.73 Å². The second-order valence-electron chi connectivity index (χ2n) is 3.57. The SMILES string of the molecule is NCc1ccccc1S(=O)(=O)NCc1ncn[nH]1. The van der Waals surface area contributed by atoms with Gasteiger partial charge in [-0.3, -0.25) is 5.10 Å². The number of benzene rings is 1. The van der Waals surface area contributed by atoms with Gasteiger partial charge in [0.15, 0.2) is 0 Å². The van der Waals surface area contributed by atoms with E-state index in [9.17, 15) is 8.42 Å². The summed E-state index contributed by atoms with van der Waals surface area (Å²) in [7, 11) is -3.60. The summed E-state index contributed by atoms with van der Waals surface area (Å²) in [5.41, 5.74) is 6.09. The molecule has 0 atom stereocenters. The number of nitrogens with two attached hydrogens (primary N) is 1. The quantitative estimate of drug-likeness (QED) is 0.690. The van der Waals surface area contributed by atoms with Gasteiger partial charge in [0.25, 0.3) is 0 Å². The zero-order valence-corrected chi connectivity index (χ0v) is 10.3. The largest absolute Gasteiger partial charge is 0.326 e. The number of hydrogen-bond donors (Lipinski definition) is 3. The van der Waals surface area contributed by atoms with E-state index < -0.39 is 10.0 Å². The van der Waals surface area contributed by atoms with E-state index in [2.05, 4.69) is 19.9 Å². The summed E-state index contributed by atoms with van der Waals surface area (Å²) in [6.07, 6.45) is 1.32. The third kappa shape index (κ3) is 2.73. The molecule has 0 spiro atoms. The van der Waals surface area contributed by atoms with Crippen LogP contribution in [0.3, 0.4) is 0 Å². The van der Waals surface area contributed by atoms with Gasteiger partial charge in [0.1, 0.15) is 12.2 Å². The maximum Gasteiger partial charge on any atom is 0.241 e. The van der Waals surface area contributed by atoms with Crippen LogP contribution in [0.1, 0.15) is 11.4 Å². The topological polar surface area (TPSA) is 114 Å². The summed E-state index contributed by atoms with van der Waals surface area (Å²) < 4.78 is 26.6. The van der Waals surface area contributed by atoms with Gasteiger partial charge in [0.05, 0.1) is 11.4 Å². The molecular weight excluding hydrogens is 254 g/mol. The number of rotatable bonds is 5. The molecule has 0 aliphatic rings. The number of H-pyrrole nitrogens is 1. The second-order valence-corrected chi connectivity index (χ2v) is 5.30. The van der Waals surface area contributed by atoms with Crippen molar-refractivity contribution in [2.24, 2.45) is 5.73 Å². The van der Waals surface area contributed by atoms with Gasteiger partial charge in [-0.05, 0) is 11.6 Å². The normalized spacial score (nSPS) is 11.6. The molecule has 4 N–H and O–H groups in total. The van der Waals surface area contributed by atoms with Crippen molar-refractivity contribution in [3.63, 3.8) is 0 Å². The lowest BCUT2D eigenvalue weighted by Gasteiger charge is -2.09. The molecule has 0 aliphatic carbocycles. The highest BCUT2D eigenvalue weighted by atomic mass is 32.2. The molecule has 0 saturated heterocycles. The van der Waals surface area contributed by atoms with E-state index >= 15 is 0 Å². The van der Waals surface area contributed by atoms with Gasteiger partial charge < -0.3 is 5.73 Å². The summed E-state index contributed by atoms with van der Waals surface area (Å²) in [5, 5.41) is 6.22. The Morgan fingerprint density at radius 1 is 1.33 bits per heavy atom. The average molecular weight is 267 g/mol. The molecule has 2 aromatic rings. The van der Waals surface area contributed by atoms with E-state index in [1.165, 1.54) is 12.4 Å². The number of nitrogens with one attached hydrogen (secondary N) is 2. The molecule has 0 fully saturated rings. The number of sulfonamides is 1. The molecule has 0 bridgehead atoms. The van der Waals surface area contributed by atoms with Crippen molar-refractivity contribution >= 4 is 10.0 Å². The van der Waals surface area contributed by atoms with Crippen LogP contribution >= 0.6 is 0 Å². The Bertz CT molecular complexity index is 609. The third-order valence-corrected chi connectivity index (χ3v) is 3.88. The van der Waals surface area contributed by atoms with Crippen molar-refractivity contribution in [3.05, 3.63) is 42.0 Å². The van der Waals surface area contributed by atoms with Gasteiger partial charge in [-0.2, -0.15) is 5.10 Å².